The van der Waals surface area contributed by atoms with E-state index in [9.17, 15) is 0 Å². The van der Waals surface area contributed by atoms with Crippen molar-refractivity contribution in [3.05, 3.63) is 194 Å². The van der Waals surface area contributed by atoms with Gasteiger partial charge >= 0.3 is 0 Å². The van der Waals surface area contributed by atoms with Crippen molar-refractivity contribution in [1.29, 1.82) is 0 Å². The average molecular weight is 717 g/mol. The molecule has 0 radical (unpaired) electrons. The van der Waals surface area contributed by atoms with Gasteiger partial charge in [-0.2, -0.15) is 0 Å². The molecule has 0 atom stereocenters. The van der Waals surface area contributed by atoms with Gasteiger partial charge in [-0.25, -0.2) is 15.0 Å². The smallest absolute Gasteiger partial charge is 0.164 e. The molecule has 3 heterocycles. The molecule has 0 N–H and O–H groups in total. The summed E-state index contributed by atoms with van der Waals surface area (Å²) in [6.07, 6.45) is 0. The van der Waals surface area contributed by atoms with Gasteiger partial charge in [0.15, 0.2) is 17.5 Å². The zero-order chi connectivity index (χ0) is 37.0. The van der Waals surface area contributed by atoms with Gasteiger partial charge in [-0.05, 0) is 53.1 Å². The van der Waals surface area contributed by atoms with Crippen LogP contribution in [-0.2, 0) is 0 Å². The van der Waals surface area contributed by atoms with Crippen LogP contribution in [0.3, 0.4) is 0 Å². The Hall–Kier alpha value is -7.63. The van der Waals surface area contributed by atoms with Crippen molar-refractivity contribution in [3.63, 3.8) is 0 Å². The van der Waals surface area contributed by atoms with E-state index in [0.717, 1.165) is 72.1 Å². The topological polar surface area (TPSA) is 56.7 Å². The van der Waals surface area contributed by atoms with Gasteiger partial charge in [-0.1, -0.05) is 158 Å². The number of para-hydroxylation sites is 3. The summed E-state index contributed by atoms with van der Waals surface area (Å²) in [6, 6.07) is 67.5. The second-order valence-electron chi connectivity index (χ2n) is 14.0. The van der Waals surface area contributed by atoms with Crippen LogP contribution in [-0.4, -0.2) is 19.5 Å². The minimum Gasteiger partial charge on any atom is -0.455 e. The standard InChI is InChI=1S/C51H32N4O/c1-3-12-35(13-4-1)49-52-50(36-14-5-2-6-15-36)54-51(53-49)37-24-22-33(23-25-37)34-26-29-39(30-27-34)55-45-20-9-7-16-41(45)44-32-38(28-31-46(44)55)40-18-11-19-43-42-17-8-10-21-47(42)56-48(40)43/h1-32H. The molecule has 0 amide bonds. The molecule has 5 heteroatoms. The molecule has 3 aromatic heterocycles. The molecule has 0 spiro atoms. The maximum Gasteiger partial charge on any atom is 0.164 e. The minimum absolute atomic E-state index is 0.642. The highest BCUT2D eigenvalue weighted by atomic mass is 16.3. The van der Waals surface area contributed by atoms with Crippen molar-refractivity contribution >= 4 is 43.7 Å². The predicted molar refractivity (Wildman–Crippen MR) is 229 cm³/mol. The van der Waals surface area contributed by atoms with Crippen molar-refractivity contribution in [1.82, 2.24) is 19.5 Å². The Morgan fingerprint density at radius 2 is 0.839 bits per heavy atom. The van der Waals surface area contributed by atoms with E-state index in [1.165, 1.54) is 16.3 Å². The first kappa shape index (κ1) is 31.9. The van der Waals surface area contributed by atoms with E-state index in [1.807, 2.05) is 72.8 Å². The Kier molecular flexibility index (Phi) is 7.42. The fourth-order valence-electron chi connectivity index (χ4n) is 7.95. The molecule has 11 aromatic rings. The van der Waals surface area contributed by atoms with Crippen molar-refractivity contribution in [2.45, 2.75) is 0 Å². The van der Waals surface area contributed by atoms with Crippen molar-refractivity contribution < 1.29 is 4.42 Å². The Labute approximate surface area is 322 Å². The summed E-state index contributed by atoms with van der Waals surface area (Å²) in [7, 11) is 0. The van der Waals surface area contributed by atoms with Crippen LogP contribution in [0.25, 0.3) is 106 Å². The maximum atomic E-state index is 6.42. The lowest BCUT2D eigenvalue weighted by molar-refractivity contribution is 0.670. The van der Waals surface area contributed by atoms with Crippen LogP contribution in [0.1, 0.15) is 0 Å². The summed E-state index contributed by atoms with van der Waals surface area (Å²) < 4.78 is 8.78. The molecule has 0 fully saturated rings. The third-order valence-corrected chi connectivity index (χ3v) is 10.7. The summed E-state index contributed by atoms with van der Waals surface area (Å²) >= 11 is 0. The first-order valence-corrected chi connectivity index (χ1v) is 18.8. The number of furan rings is 1. The van der Waals surface area contributed by atoms with Crippen LogP contribution in [0.15, 0.2) is 199 Å². The summed E-state index contributed by atoms with van der Waals surface area (Å²) in [5.41, 5.74) is 12.6. The minimum atomic E-state index is 0.642. The highest BCUT2D eigenvalue weighted by Gasteiger charge is 2.17. The number of fused-ring (bicyclic) bond motifs is 6. The molecule has 0 aliphatic heterocycles. The maximum absolute atomic E-state index is 6.42. The number of hydrogen-bond donors (Lipinski definition) is 0. The van der Waals surface area contributed by atoms with Gasteiger partial charge in [0.25, 0.3) is 0 Å². The molecule has 0 saturated carbocycles. The Morgan fingerprint density at radius 1 is 0.339 bits per heavy atom. The van der Waals surface area contributed by atoms with Crippen LogP contribution in [0.4, 0.5) is 0 Å². The quantitative estimate of drug-likeness (QED) is 0.172. The molecule has 11 rings (SSSR count). The molecular weight excluding hydrogens is 685 g/mol. The van der Waals surface area contributed by atoms with Gasteiger partial charge in [-0.15, -0.1) is 0 Å². The monoisotopic (exact) mass is 716 g/mol. The zero-order valence-corrected chi connectivity index (χ0v) is 30.2. The first-order valence-electron chi connectivity index (χ1n) is 18.8. The third kappa shape index (κ3) is 5.37. The van der Waals surface area contributed by atoms with Gasteiger partial charge < -0.3 is 8.98 Å². The van der Waals surface area contributed by atoms with E-state index >= 15 is 0 Å². The van der Waals surface area contributed by atoms with Crippen LogP contribution in [0, 0.1) is 0 Å². The van der Waals surface area contributed by atoms with E-state index in [2.05, 4.69) is 126 Å². The highest BCUT2D eigenvalue weighted by molar-refractivity contribution is 6.13. The van der Waals surface area contributed by atoms with Gasteiger partial charge in [0, 0.05) is 49.5 Å². The van der Waals surface area contributed by atoms with Gasteiger partial charge in [0.2, 0.25) is 0 Å². The van der Waals surface area contributed by atoms with Crippen LogP contribution in [0.2, 0.25) is 0 Å². The Morgan fingerprint density at radius 3 is 1.52 bits per heavy atom. The lowest BCUT2D eigenvalue weighted by Gasteiger charge is -2.11. The third-order valence-electron chi connectivity index (χ3n) is 10.7. The number of benzene rings is 8. The van der Waals surface area contributed by atoms with Gasteiger partial charge in [0.05, 0.1) is 11.0 Å². The van der Waals surface area contributed by atoms with Crippen LogP contribution >= 0.6 is 0 Å². The van der Waals surface area contributed by atoms with Gasteiger partial charge in [-0.3, -0.25) is 0 Å². The van der Waals surface area contributed by atoms with Crippen molar-refractivity contribution in [2.24, 2.45) is 0 Å². The summed E-state index contributed by atoms with van der Waals surface area (Å²) in [4.78, 5) is 14.7. The molecule has 0 aliphatic rings. The Balaban J connectivity index is 0.941. The summed E-state index contributed by atoms with van der Waals surface area (Å²) in [5.74, 6) is 1.95. The van der Waals surface area contributed by atoms with E-state index < -0.39 is 0 Å². The largest absolute Gasteiger partial charge is 0.455 e. The normalized spacial score (nSPS) is 11.6. The number of rotatable bonds is 6. The molecule has 0 saturated heterocycles. The Bertz CT molecular complexity index is 3160. The van der Waals surface area contributed by atoms with Crippen LogP contribution < -0.4 is 0 Å². The molecule has 0 unspecified atom stereocenters. The second kappa shape index (κ2) is 13.0. The molecule has 56 heavy (non-hydrogen) atoms. The highest BCUT2D eigenvalue weighted by Crippen LogP contribution is 2.39. The average Bonchev–Trinajstić information content (AvgIpc) is 3.83. The van der Waals surface area contributed by atoms with E-state index in [-0.39, 0.29) is 0 Å². The number of nitrogens with zero attached hydrogens (tertiary/aromatic N) is 4. The van der Waals surface area contributed by atoms with Crippen LogP contribution in [0.5, 0.6) is 0 Å². The fraction of sp³-hybridized carbons (Fsp3) is 0. The SMILES string of the molecule is c1ccc(-c2nc(-c3ccccc3)nc(-c3ccc(-c4ccc(-n5c6ccccc6c6cc(-c7cccc8c7oc7ccccc78)ccc65)cc4)cc3)n2)cc1. The first-order chi connectivity index (χ1) is 27.7. The molecule has 8 aromatic carbocycles. The fourth-order valence-corrected chi connectivity index (χ4v) is 7.95. The molecule has 0 aliphatic carbocycles. The second-order valence-corrected chi connectivity index (χ2v) is 14.0. The van der Waals surface area contributed by atoms with Crippen molar-refractivity contribution in [2.75, 3.05) is 0 Å². The summed E-state index contributed by atoms with van der Waals surface area (Å²) in [5, 5.41) is 4.69. The van der Waals surface area contributed by atoms with E-state index in [1.54, 1.807) is 0 Å². The van der Waals surface area contributed by atoms with E-state index in [0.29, 0.717) is 17.5 Å². The lowest BCUT2D eigenvalue weighted by Crippen LogP contribution is -2.00. The molecule has 262 valence electrons. The van der Waals surface area contributed by atoms with Gasteiger partial charge in [0.1, 0.15) is 11.2 Å². The zero-order valence-electron chi connectivity index (χ0n) is 30.2. The van der Waals surface area contributed by atoms with Crippen molar-refractivity contribution in [3.8, 4) is 62.1 Å². The summed E-state index contributed by atoms with van der Waals surface area (Å²) in [6.45, 7) is 0. The lowest BCUT2D eigenvalue weighted by atomic mass is 10.0. The molecule has 5 nitrogen and oxygen atoms in total. The number of hydrogen-bond acceptors (Lipinski definition) is 4. The predicted octanol–water partition coefficient (Wildman–Crippen LogP) is 13.2. The van der Waals surface area contributed by atoms with E-state index in [4.69, 9.17) is 19.4 Å². The molecule has 0 bridgehead atoms. The number of aromatic nitrogens is 4. The molecular formula is C51H32N4O.